The number of hydrogen-bond donors (Lipinski definition) is 0. The number of hydrogen-bond acceptors (Lipinski definition) is 0. The Labute approximate surface area is 200 Å². The Bertz CT molecular complexity index is 1500. The first-order chi connectivity index (χ1) is 16.9. The molecule has 0 unspecified atom stereocenters. The van der Waals surface area contributed by atoms with Gasteiger partial charge in [-0.15, -0.1) is 0 Å². The monoisotopic (exact) mass is 432 g/mol. The second-order valence-electron chi connectivity index (χ2n) is 9.34. The van der Waals surface area contributed by atoms with Crippen LogP contribution in [-0.4, -0.2) is 0 Å². The van der Waals surface area contributed by atoms with Crippen LogP contribution in [-0.2, 0) is 0 Å². The second-order valence-corrected chi connectivity index (χ2v) is 9.34. The van der Waals surface area contributed by atoms with Crippen LogP contribution in [0.3, 0.4) is 0 Å². The topological polar surface area (TPSA) is 0 Å². The molecule has 1 aliphatic carbocycles. The highest BCUT2D eigenvalue weighted by molar-refractivity contribution is 5.85. The van der Waals surface area contributed by atoms with Gasteiger partial charge in [0.15, 0.2) is 0 Å². The van der Waals surface area contributed by atoms with E-state index in [0.717, 1.165) is 0 Å². The van der Waals surface area contributed by atoms with Gasteiger partial charge in [-0.25, -0.2) is 0 Å². The molecule has 34 heavy (non-hydrogen) atoms. The van der Waals surface area contributed by atoms with Crippen molar-refractivity contribution < 1.29 is 0 Å². The summed E-state index contributed by atoms with van der Waals surface area (Å²) in [5.74, 6) is 0.461. The Morgan fingerprint density at radius 2 is 0.618 bits per heavy atom. The van der Waals surface area contributed by atoms with E-state index in [2.05, 4.69) is 133 Å². The molecule has 0 fully saturated rings. The lowest BCUT2D eigenvalue weighted by Crippen LogP contribution is -2.20. The maximum Gasteiger partial charge on any atom is 0.0346 e. The lowest BCUT2D eigenvalue weighted by molar-refractivity contribution is 0.823. The summed E-state index contributed by atoms with van der Waals surface area (Å²) in [5.41, 5.74) is 8.36. The molecule has 0 nitrogen and oxygen atoms in total. The average Bonchev–Trinajstić information content (AvgIpc) is 2.91. The number of rotatable bonds is 2. The predicted molar refractivity (Wildman–Crippen MR) is 143 cm³/mol. The molecule has 7 rings (SSSR count). The standard InChI is InChI=1S/C34H24/c1-3-11-25-21-27(19-17-23(25)9-1)33-29-13-5-7-15-31(29)34(32-16-8-6-14-30(32)33)28-20-18-24-10-2-4-12-26(24)22-28/h1-22,33-34H. The van der Waals surface area contributed by atoms with Crippen molar-refractivity contribution in [1.82, 2.24) is 0 Å². The summed E-state index contributed by atoms with van der Waals surface area (Å²) >= 11 is 0. The Morgan fingerprint density at radius 3 is 1.00 bits per heavy atom. The first-order valence-corrected chi connectivity index (χ1v) is 12.0. The zero-order chi connectivity index (χ0) is 22.5. The molecule has 0 N–H and O–H groups in total. The van der Waals surface area contributed by atoms with Crippen molar-refractivity contribution in [2.75, 3.05) is 0 Å². The quantitative estimate of drug-likeness (QED) is 0.256. The second kappa shape index (κ2) is 7.71. The molecule has 0 heterocycles. The molecular formula is C34H24. The highest BCUT2D eigenvalue weighted by Crippen LogP contribution is 2.49. The Hall–Kier alpha value is -4.16. The lowest BCUT2D eigenvalue weighted by Gasteiger charge is -2.35. The zero-order valence-corrected chi connectivity index (χ0v) is 18.9. The molecule has 0 heteroatoms. The van der Waals surface area contributed by atoms with Crippen molar-refractivity contribution in [2.24, 2.45) is 0 Å². The summed E-state index contributed by atoms with van der Waals surface area (Å²) in [6.45, 7) is 0. The summed E-state index contributed by atoms with van der Waals surface area (Å²) in [5, 5.41) is 5.17. The van der Waals surface area contributed by atoms with Crippen LogP contribution >= 0.6 is 0 Å². The average molecular weight is 433 g/mol. The summed E-state index contributed by atoms with van der Waals surface area (Å²) < 4.78 is 0. The van der Waals surface area contributed by atoms with Gasteiger partial charge in [-0.3, -0.25) is 0 Å². The Morgan fingerprint density at radius 1 is 0.294 bits per heavy atom. The molecule has 0 saturated heterocycles. The number of benzene rings is 6. The minimum absolute atomic E-state index is 0.230. The van der Waals surface area contributed by atoms with Crippen LogP contribution in [0.25, 0.3) is 21.5 Å². The van der Waals surface area contributed by atoms with E-state index >= 15 is 0 Å². The molecule has 0 saturated carbocycles. The summed E-state index contributed by atoms with van der Waals surface area (Å²) in [4.78, 5) is 0. The predicted octanol–water partition coefficient (Wildman–Crippen LogP) is 8.67. The molecule has 0 spiro atoms. The summed E-state index contributed by atoms with van der Waals surface area (Å²) in [6.07, 6.45) is 0. The van der Waals surface area contributed by atoms with Crippen molar-refractivity contribution in [3.8, 4) is 0 Å². The Balaban J connectivity index is 1.47. The highest BCUT2D eigenvalue weighted by Gasteiger charge is 2.33. The fraction of sp³-hybridized carbons (Fsp3) is 0.0588. The fourth-order valence-corrected chi connectivity index (χ4v) is 5.90. The van der Waals surface area contributed by atoms with Crippen LogP contribution in [0.1, 0.15) is 45.2 Å². The van der Waals surface area contributed by atoms with Gasteiger partial charge in [0.05, 0.1) is 0 Å². The first kappa shape index (κ1) is 19.3. The van der Waals surface area contributed by atoms with Gasteiger partial charge in [-0.2, -0.15) is 0 Å². The SMILES string of the molecule is c1ccc2c(c1)C(c1ccc3ccccc3c1)c1ccccc1C2c1ccc2ccccc2c1. The van der Waals surface area contributed by atoms with Gasteiger partial charge in [0, 0.05) is 11.8 Å². The van der Waals surface area contributed by atoms with E-state index in [1.54, 1.807) is 0 Å². The third kappa shape index (κ3) is 2.99. The third-order valence-corrected chi connectivity index (χ3v) is 7.45. The molecule has 0 atom stereocenters. The molecule has 0 aliphatic heterocycles. The fourth-order valence-electron chi connectivity index (χ4n) is 5.90. The summed E-state index contributed by atoms with van der Waals surface area (Å²) in [6, 6.07) is 49.3. The van der Waals surface area contributed by atoms with Crippen molar-refractivity contribution in [2.45, 2.75) is 11.8 Å². The van der Waals surface area contributed by atoms with Gasteiger partial charge >= 0.3 is 0 Å². The normalized spacial score (nSPS) is 16.8. The van der Waals surface area contributed by atoms with Gasteiger partial charge < -0.3 is 0 Å². The molecule has 160 valence electrons. The van der Waals surface area contributed by atoms with Gasteiger partial charge in [-0.1, -0.05) is 133 Å². The van der Waals surface area contributed by atoms with Crippen LogP contribution in [0.2, 0.25) is 0 Å². The lowest BCUT2D eigenvalue weighted by atomic mass is 9.68. The van der Waals surface area contributed by atoms with Crippen LogP contribution in [0.4, 0.5) is 0 Å². The largest absolute Gasteiger partial charge is 0.0619 e. The van der Waals surface area contributed by atoms with Crippen molar-refractivity contribution in [1.29, 1.82) is 0 Å². The van der Waals surface area contributed by atoms with Crippen molar-refractivity contribution >= 4 is 21.5 Å². The Kier molecular flexibility index (Phi) is 4.38. The minimum Gasteiger partial charge on any atom is -0.0619 e. The third-order valence-electron chi connectivity index (χ3n) is 7.45. The van der Waals surface area contributed by atoms with Crippen molar-refractivity contribution in [3.05, 3.63) is 167 Å². The maximum absolute atomic E-state index is 2.38. The van der Waals surface area contributed by atoms with E-state index in [1.807, 2.05) is 0 Å². The molecular weight excluding hydrogens is 408 g/mol. The molecule has 1 aliphatic rings. The van der Waals surface area contributed by atoms with E-state index < -0.39 is 0 Å². The van der Waals surface area contributed by atoms with Crippen LogP contribution < -0.4 is 0 Å². The highest BCUT2D eigenvalue weighted by atomic mass is 14.4. The van der Waals surface area contributed by atoms with E-state index in [9.17, 15) is 0 Å². The minimum atomic E-state index is 0.230. The van der Waals surface area contributed by atoms with Crippen LogP contribution in [0.5, 0.6) is 0 Å². The van der Waals surface area contributed by atoms with Crippen LogP contribution in [0.15, 0.2) is 133 Å². The van der Waals surface area contributed by atoms with E-state index in [1.165, 1.54) is 54.9 Å². The zero-order valence-electron chi connectivity index (χ0n) is 18.9. The molecule has 0 aromatic heterocycles. The van der Waals surface area contributed by atoms with E-state index in [0.29, 0.717) is 0 Å². The van der Waals surface area contributed by atoms with Crippen LogP contribution in [0, 0.1) is 0 Å². The van der Waals surface area contributed by atoms with E-state index in [-0.39, 0.29) is 11.8 Å². The molecule has 6 aromatic rings. The smallest absolute Gasteiger partial charge is 0.0346 e. The van der Waals surface area contributed by atoms with E-state index in [4.69, 9.17) is 0 Å². The number of fused-ring (bicyclic) bond motifs is 4. The summed E-state index contributed by atoms with van der Waals surface area (Å²) in [7, 11) is 0. The molecule has 0 radical (unpaired) electrons. The van der Waals surface area contributed by atoms with Gasteiger partial charge in [0.1, 0.15) is 0 Å². The van der Waals surface area contributed by atoms with Crippen molar-refractivity contribution in [3.63, 3.8) is 0 Å². The molecule has 6 aromatic carbocycles. The van der Waals surface area contributed by atoms with Gasteiger partial charge in [0.2, 0.25) is 0 Å². The molecule has 0 amide bonds. The maximum atomic E-state index is 2.38. The van der Waals surface area contributed by atoms with Gasteiger partial charge in [0.25, 0.3) is 0 Å². The van der Waals surface area contributed by atoms with Gasteiger partial charge in [-0.05, 0) is 54.9 Å². The molecule has 0 bridgehead atoms. The first-order valence-electron chi connectivity index (χ1n) is 12.0.